The number of anilines is 1. The number of nitrogens with zero attached hydrogens (tertiary/aromatic N) is 3. The SMILES string of the molecule is Clc1ccccc1C=NNc1cc(-c2ccccc2)nc(-c2ccc(Br)cc2)n1. The highest BCUT2D eigenvalue weighted by molar-refractivity contribution is 9.10. The summed E-state index contributed by atoms with van der Waals surface area (Å²) in [5, 5.41) is 4.94. The predicted molar refractivity (Wildman–Crippen MR) is 123 cm³/mol. The number of halogens is 2. The maximum absolute atomic E-state index is 6.18. The van der Waals surface area contributed by atoms with E-state index < -0.39 is 0 Å². The minimum Gasteiger partial charge on any atom is -0.261 e. The van der Waals surface area contributed by atoms with Gasteiger partial charge in [0.25, 0.3) is 0 Å². The molecule has 1 N–H and O–H groups in total. The van der Waals surface area contributed by atoms with Crippen molar-refractivity contribution in [1.29, 1.82) is 0 Å². The molecule has 0 amide bonds. The summed E-state index contributed by atoms with van der Waals surface area (Å²) in [5.41, 5.74) is 6.57. The standard InChI is InChI=1S/C23H16BrClN4/c24-19-12-10-17(11-13-19)23-27-21(16-6-2-1-3-7-16)14-22(28-23)29-26-15-18-8-4-5-9-20(18)25/h1-15H,(H,27,28,29). The lowest BCUT2D eigenvalue weighted by Crippen LogP contribution is -1.99. The summed E-state index contributed by atoms with van der Waals surface area (Å²) in [6, 6.07) is 27.3. The molecule has 142 valence electrons. The summed E-state index contributed by atoms with van der Waals surface area (Å²) in [6.45, 7) is 0. The molecule has 1 aromatic heterocycles. The van der Waals surface area contributed by atoms with Crippen molar-refractivity contribution in [3.05, 3.63) is 100.0 Å². The molecule has 0 fully saturated rings. The molecule has 0 bridgehead atoms. The zero-order valence-corrected chi connectivity index (χ0v) is 17.6. The second-order valence-corrected chi connectivity index (χ2v) is 7.55. The molecule has 4 nitrogen and oxygen atoms in total. The van der Waals surface area contributed by atoms with Crippen LogP contribution in [0, 0.1) is 0 Å². The molecule has 0 saturated carbocycles. The molecule has 1 heterocycles. The molecule has 4 rings (SSSR count). The number of rotatable bonds is 5. The number of nitrogens with one attached hydrogen (secondary N) is 1. The fraction of sp³-hybridized carbons (Fsp3) is 0. The van der Waals surface area contributed by atoms with E-state index in [1.807, 2.05) is 84.9 Å². The Kier molecular flexibility index (Phi) is 5.98. The van der Waals surface area contributed by atoms with E-state index in [4.69, 9.17) is 16.6 Å². The lowest BCUT2D eigenvalue weighted by molar-refractivity contribution is 1.15. The van der Waals surface area contributed by atoms with Crippen LogP contribution in [0.1, 0.15) is 5.56 Å². The minimum absolute atomic E-state index is 0.597. The first kappa shape index (κ1) is 19.3. The molecule has 0 unspecified atom stereocenters. The van der Waals surface area contributed by atoms with Crippen molar-refractivity contribution >= 4 is 39.6 Å². The van der Waals surface area contributed by atoms with Crippen LogP contribution in [0.4, 0.5) is 5.82 Å². The van der Waals surface area contributed by atoms with Gasteiger partial charge >= 0.3 is 0 Å². The van der Waals surface area contributed by atoms with E-state index in [1.54, 1.807) is 6.21 Å². The number of hydrazone groups is 1. The molecule has 0 spiro atoms. The van der Waals surface area contributed by atoms with E-state index in [9.17, 15) is 0 Å². The van der Waals surface area contributed by atoms with Crippen LogP contribution in [0.2, 0.25) is 5.02 Å². The summed E-state index contributed by atoms with van der Waals surface area (Å²) in [6.07, 6.45) is 1.67. The van der Waals surface area contributed by atoms with E-state index in [0.717, 1.165) is 26.9 Å². The Morgan fingerprint density at radius 2 is 1.55 bits per heavy atom. The zero-order chi connectivity index (χ0) is 20.1. The summed E-state index contributed by atoms with van der Waals surface area (Å²) < 4.78 is 1.00. The van der Waals surface area contributed by atoms with Gasteiger partial charge in [-0.25, -0.2) is 9.97 Å². The van der Waals surface area contributed by atoms with E-state index >= 15 is 0 Å². The van der Waals surface area contributed by atoms with Gasteiger partial charge in [0, 0.05) is 32.3 Å². The molecule has 0 saturated heterocycles. The maximum Gasteiger partial charge on any atom is 0.162 e. The van der Waals surface area contributed by atoms with Gasteiger partial charge in [-0.15, -0.1) is 0 Å². The fourth-order valence-electron chi connectivity index (χ4n) is 2.74. The Balaban J connectivity index is 1.69. The zero-order valence-electron chi connectivity index (χ0n) is 15.3. The molecular formula is C23H16BrClN4. The monoisotopic (exact) mass is 462 g/mol. The number of hydrogen-bond acceptors (Lipinski definition) is 4. The smallest absolute Gasteiger partial charge is 0.162 e. The van der Waals surface area contributed by atoms with Crippen molar-refractivity contribution < 1.29 is 0 Å². The Morgan fingerprint density at radius 1 is 0.828 bits per heavy atom. The van der Waals surface area contributed by atoms with Crippen molar-refractivity contribution in [2.75, 3.05) is 5.43 Å². The summed E-state index contributed by atoms with van der Waals surface area (Å²) in [7, 11) is 0. The second kappa shape index (κ2) is 8.99. The van der Waals surface area contributed by atoms with Crippen LogP contribution in [-0.2, 0) is 0 Å². The van der Waals surface area contributed by atoms with Crippen molar-refractivity contribution in [2.24, 2.45) is 5.10 Å². The summed E-state index contributed by atoms with van der Waals surface area (Å²) >= 11 is 9.64. The maximum atomic E-state index is 6.18. The Bertz CT molecular complexity index is 1150. The van der Waals surface area contributed by atoms with E-state index in [1.165, 1.54) is 0 Å². The summed E-state index contributed by atoms with van der Waals surface area (Å²) in [5.74, 6) is 1.22. The molecule has 0 aliphatic rings. The van der Waals surface area contributed by atoms with Gasteiger partial charge in [0.05, 0.1) is 11.9 Å². The Hall–Kier alpha value is -3.02. The third kappa shape index (κ3) is 4.88. The highest BCUT2D eigenvalue weighted by Gasteiger charge is 2.09. The van der Waals surface area contributed by atoms with Gasteiger partial charge in [0.15, 0.2) is 11.6 Å². The molecule has 4 aromatic rings. The van der Waals surface area contributed by atoms with Crippen LogP contribution in [0.15, 0.2) is 94.5 Å². The van der Waals surface area contributed by atoms with E-state index in [2.05, 4.69) is 31.4 Å². The van der Waals surface area contributed by atoms with Crippen molar-refractivity contribution in [1.82, 2.24) is 9.97 Å². The first-order valence-corrected chi connectivity index (χ1v) is 10.1. The van der Waals surface area contributed by atoms with Crippen molar-refractivity contribution in [2.45, 2.75) is 0 Å². The Morgan fingerprint density at radius 3 is 2.31 bits per heavy atom. The molecule has 0 aliphatic carbocycles. The van der Waals surface area contributed by atoms with Crippen molar-refractivity contribution in [3.63, 3.8) is 0 Å². The van der Waals surface area contributed by atoms with Crippen LogP contribution in [0.25, 0.3) is 22.6 Å². The van der Waals surface area contributed by atoms with E-state index in [0.29, 0.717) is 16.7 Å². The number of benzene rings is 3. The van der Waals surface area contributed by atoms with Gasteiger partial charge in [0.2, 0.25) is 0 Å². The lowest BCUT2D eigenvalue weighted by Gasteiger charge is -2.08. The molecule has 0 radical (unpaired) electrons. The quantitative estimate of drug-likeness (QED) is 0.265. The van der Waals surface area contributed by atoms with Crippen molar-refractivity contribution in [3.8, 4) is 22.6 Å². The third-order valence-electron chi connectivity index (χ3n) is 4.19. The lowest BCUT2D eigenvalue weighted by atomic mass is 10.1. The minimum atomic E-state index is 0.597. The van der Waals surface area contributed by atoms with Gasteiger partial charge in [0.1, 0.15) is 0 Å². The van der Waals surface area contributed by atoms with Gasteiger partial charge in [-0.2, -0.15) is 5.10 Å². The van der Waals surface area contributed by atoms with Crippen LogP contribution in [0.5, 0.6) is 0 Å². The number of hydrogen-bond donors (Lipinski definition) is 1. The van der Waals surface area contributed by atoms with Gasteiger partial charge < -0.3 is 0 Å². The highest BCUT2D eigenvalue weighted by Crippen LogP contribution is 2.25. The van der Waals surface area contributed by atoms with E-state index in [-0.39, 0.29) is 0 Å². The topological polar surface area (TPSA) is 50.2 Å². The van der Waals surface area contributed by atoms with Crippen LogP contribution in [-0.4, -0.2) is 16.2 Å². The average Bonchev–Trinajstić information content (AvgIpc) is 2.76. The average molecular weight is 464 g/mol. The van der Waals surface area contributed by atoms with Crippen LogP contribution >= 0.6 is 27.5 Å². The Labute approximate surface area is 182 Å². The largest absolute Gasteiger partial charge is 0.261 e. The normalized spacial score (nSPS) is 11.0. The van der Waals surface area contributed by atoms with Gasteiger partial charge in [-0.05, 0) is 18.2 Å². The molecule has 0 atom stereocenters. The van der Waals surface area contributed by atoms with Gasteiger partial charge in [-0.1, -0.05) is 88.2 Å². The first-order chi connectivity index (χ1) is 14.2. The van der Waals surface area contributed by atoms with Gasteiger partial charge in [-0.3, -0.25) is 5.43 Å². The number of aromatic nitrogens is 2. The predicted octanol–water partition coefficient (Wildman–Crippen LogP) is 6.67. The highest BCUT2D eigenvalue weighted by atomic mass is 79.9. The first-order valence-electron chi connectivity index (χ1n) is 8.93. The van der Waals surface area contributed by atoms with Crippen LogP contribution in [0.3, 0.4) is 0 Å². The molecular weight excluding hydrogens is 448 g/mol. The fourth-order valence-corrected chi connectivity index (χ4v) is 3.19. The molecule has 3 aromatic carbocycles. The molecule has 6 heteroatoms. The second-order valence-electron chi connectivity index (χ2n) is 6.23. The molecule has 29 heavy (non-hydrogen) atoms. The third-order valence-corrected chi connectivity index (χ3v) is 5.06. The summed E-state index contributed by atoms with van der Waals surface area (Å²) in [4.78, 5) is 9.37. The molecule has 0 aliphatic heterocycles. The van der Waals surface area contributed by atoms with Crippen LogP contribution < -0.4 is 5.43 Å².